The summed E-state index contributed by atoms with van der Waals surface area (Å²) in [6, 6.07) is -0.322. The number of carbonyl (C=O) groups excluding carboxylic acids is 1. The first-order valence-electron chi connectivity index (χ1n) is 4.99. The molecule has 0 radical (unpaired) electrons. The van der Waals surface area contributed by atoms with Gasteiger partial charge in [-0.1, -0.05) is 20.8 Å². The van der Waals surface area contributed by atoms with Crippen LogP contribution in [-0.2, 0) is 4.79 Å². The molecule has 0 fully saturated rings. The normalized spacial score (nSPS) is 13.1. The summed E-state index contributed by atoms with van der Waals surface area (Å²) in [6.45, 7) is 7.04. The molecule has 3 heteroatoms. The van der Waals surface area contributed by atoms with Gasteiger partial charge in [0.25, 0.3) is 0 Å². The lowest BCUT2D eigenvalue weighted by atomic mass is 10.1. The maximum Gasteiger partial charge on any atom is 0.239 e. The van der Waals surface area contributed by atoms with Crippen LogP contribution >= 0.6 is 0 Å². The second-order valence-corrected chi connectivity index (χ2v) is 3.96. The van der Waals surface area contributed by atoms with Crippen molar-refractivity contribution in [2.75, 3.05) is 13.6 Å². The Hall–Kier alpha value is -0.570. The molecule has 1 amide bonds. The van der Waals surface area contributed by atoms with E-state index in [1.54, 1.807) is 4.90 Å². The molecular formula is C10H22N2O. The van der Waals surface area contributed by atoms with E-state index in [1.807, 2.05) is 14.0 Å². The molecule has 13 heavy (non-hydrogen) atoms. The van der Waals surface area contributed by atoms with Crippen molar-refractivity contribution < 1.29 is 4.79 Å². The van der Waals surface area contributed by atoms with Gasteiger partial charge in [0.15, 0.2) is 0 Å². The van der Waals surface area contributed by atoms with Gasteiger partial charge in [-0.3, -0.25) is 4.79 Å². The summed E-state index contributed by atoms with van der Waals surface area (Å²) < 4.78 is 0. The molecular weight excluding hydrogens is 164 g/mol. The van der Waals surface area contributed by atoms with E-state index in [1.165, 1.54) is 0 Å². The number of likely N-dealkylation sites (N-methyl/N-ethyl adjacent to an activating group) is 1. The largest absolute Gasteiger partial charge is 0.344 e. The van der Waals surface area contributed by atoms with Crippen LogP contribution in [0.25, 0.3) is 0 Å². The van der Waals surface area contributed by atoms with Crippen LogP contribution in [0, 0.1) is 5.92 Å². The summed E-state index contributed by atoms with van der Waals surface area (Å²) in [6.07, 6.45) is 1.75. The van der Waals surface area contributed by atoms with Crippen LogP contribution in [0.1, 0.15) is 33.6 Å². The minimum absolute atomic E-state index is 0.0585. The van der Waals surface area contributed by atoms with Crippen LogP contribution in [0.15, 0.2) is 0 Å². The molecule has 0 saturated heterocycles. The van der Waals surface area contributed by atoms with E-state index < -0.39 is 0 Å². The summed E-state index contributed by atoms with van der Waals surface area (Å²) in [5.74, 6) is 0.691. The lowest BCUT2D eigenvalue weighted by molar-refractivity contribution is -0.131. The Bertz CT molecular complexity index is 157. The fourth-order valence-corrected chi connectivity index (χ4v) is 1.02. The van der Waals surface area contributed by atoms with Crippen LogP contribution in [0.5, 0.6) is 0 Å². The zero-order valence-corrected chi connectivity index (χ0v) is 9.21. The van der Waals surface area contributed by atoms with Gasteiger partial charge in [0.1, 0.15) is 0 Å². The highest BCUT2D eigenvalue weighted by Crippen LogP contribution is 2.02. The van der Waals surface area contributed by atoms with Gasteiger partial charge in [-0.2, -0.15) is 0 Å². The highest BCUT2D eigenvalue weighted by Gasteiger charge is 2.15. The number of amides is 1. The van der Waals surface area contributed by atoms with Crippen molar-refractivity contribution in [3.05, 3.63) is 0 Å². The van der Waals surface area contributed by atoms with E-state index in [2.05, 4.69) is 13.8 Å². The fourth-order valence-electron chi connectivity index (χ4n) is 1.02. The number of hydrogen-bond donors (Lipinski definition) is 1. The second-order valence-electron chi connectivity index (χ2n) is 3.96. The van der Waals surface area contributed by atoms with Gasteiger partial charge in [-0.05, 0) is 18.8 Å². The molecule has 0 aromatic heterocycles. The van der Waals surface area contributed by atoms with E-state index >= 15 is 0 Å². The first-order valence-corrected chi connectivity index (χ1v) is 4.99. The van der Waals surface area contributed by atoms with Crippen molar-refractivity contribution in [1.29, 1.82) is 0 Å². The Kier molecular flexibility index (Phi) is 5.71. The van der Waals surface area contributed by atoms with Gasteiger partial charge in [0.2, 0.25) is 5.91 Å². The van der Waals surface area contributed by atoms with Gasteiger partial charge in [0, 0.05) is 13.6 Å². The quantitative estimate of drug-likeness (QED) is 0.702. The average Bonchev–Trinajstić information content (AvgIpc) is 2.11. The standard InChI is InChI=1S/C10H22N2O/c1-5-9(11)10(13)12(4)7-6-8(2)3/h8-9H,5-7,11H2,1-4H3/t9-/m0/s1. The zero-order chi connectivity index (χ0) is 10.4. The van der Waals surface area contributed by atoms with Crippen molar-refractivity contribution in [3.63, 3.8) is 0 Å². The molecule has 2 N–H and O–H groups in total. The molecule has 0 bridgehead atoms. The molecule has 3 nitrogen and oxygen atoms in total. The SMILES string of the molecule is CC[C@H](N)C(=O)N(C)CCC(C)C. The molecule has 0 saturated carbocycles. The maximum atomic E-state index is 11.5. The first-order chi connectivity index (χ1) is 5.99. The van der Waals surface area contributed by atoms with Crippen molar-refractivity contribution >= 4 is 5.91 Å². The number of rotatable bonds is 5. The fraction of sp³-hybridized carbons (Fsp3) is 0.900. The minimum atomic E-state index is -0.322. The highest BCUT2D eigenvalue weighted by atomic mass is 16.2. The third kappa shape index (κ3) is 4.88. The average molecular weight is 186 g/mol. The molecule has 0 unspecified atom stereocenters. The number of nitrogens with two attached hydrogens (primary N) is 1. The van der Waals surface area contributed by atoms with Gasteiger partial charge in [-0.15, -0.1) is 0 Å². The van der Waals surface area contributed by atoms with Crippen LogP contribution < -0.4 is 5.73 Å². The summed E-state index contributed by atoms with van der Waals surface area (Å²) in [5, 5.41) is 0. The Labute approximate surface area is 81.3 Å². The van der Waals surface area contributed by atoms with E-state index in [0.29, 0.717) is 12.3 Å². The zero-order valence-electron chi connectivity index (χ0n) is 9.21. The van der Waals surface area contributed by atoms with Crippen LogP contribution in [0.3, 0.4) is 0 Å². The third-order valence-corrected chi connectivity index (χ3v) is 2.18. The van der Waals surface area contributed by atoms with Gasteiger partial charge in [-0.25, -0.2) is 0 Å². The topological polar surface area (TPSA) is 46.3 Å². The summed E-state index contributed by atoms with van der Waals surface area (Å²) >= 11 is 0. The van der Waals surface area contributed by atoms with Crippen LogP contribution in [0.4, 0.5) is 0 Å². The Balaban J connectivity index is 3.82. The van der Waals surface area contributed by atoms with E-state index in [9.17, 15) is 4.79 Å². The molecule has 0 aliphatic rings. The van der Waals surface area contributed by atoms with Crippen molar-refractivity contribution in [2.24, 2.45) is 11.7 Å². The van der Waals surface area contributed by atoms with Crippen molar-refractivity contribution in [3.8, 4) is 0 Å². The van der Waals surface area contributed by atoms with Gasteiger partial charge >= 0.3 is 0 Å². The Morgan fingerprint density at radius 1 is 1.46 bits per heavy atom. The molecule has 0 aromatic carbocycles. The van der Waals surface area contributed by atoms with Gasteiger partial charge < -0.3 is 10.6 Å². The van der Waals surface area contributed by atoms with E-state index in [0.717, 1.165) is 13.0 Å². The molecule has 0 aliphatic heterocycles. The lowest BCUT2D eigenvalue weighted by Crippen LogP contribution is -2.41. The maximum absolute atomic E-state index is 11.5. The van der Waals surface area contributed by atoms with Crippen molar-refractivity contribution in [2.45, 2.75) is 39.7 Å². The first kappa shape index (κ1) is 12.4. The summed E-state index contributed by atoms with van der Waals surface area (Å²) in [7, 11) is 1.82. The predicted octanol–water partition coefficient (Wildman–Crippen LogP) is 1.23. The molecule has 1 atom stereocenters. The smallest absolute Gasteiger partial charge is 0.239 e. The van der Waals surface area contributed by atoms with E-state index in [-0.39, 0.29) is 11.9 Å². The highest BCUT2D eigenvalue weighted by molar-refractivity contribution is 5.81. The second kappa shape index (κ2) is 5.97. The number of hydrogen-bond acceptors (Lipinski definition) is 2. The molecule has 0 rings (SSSR count). The molecule has 0 heterocycles. The Morgan fingerprint density at radius 2 is 2.00 bits per heavy atom. The van der Waals surface area contributed by atoms with E-state index in [4.69, 9.17) is 5.73 Å². The minimum Gasteiger partial charge on any atom is -0.344 e. The number of nitrogens with zero attached hydrogens (tertiary/aromatic N) is 1. The molecule has 0 spiro atoms. The summed E-state index contributed by atoms with van der Waals surface area (Å²) in [4.78, 5) is 13.2. The molecule has 0 aromatic rings. The van der Waals surface area contributed by atoms with Crippen LogP contribution in [-0.4, -0.2) is 30.4 Å². The molecule has 78 valence electrons. The van der Waals surface area contributed by atoms with Gasteiger partial charge in [0.05, 0.1) is 6.04 Å². The Morgan fingerprint density at radius 3 is 2.38 bits per heavy atom. The molecule has 0 aliphatic carbocycles. The predicted molar refractivity (Wildman–Crippen MR) is 55.4 cm³/mol. The monoisotopic (exact) mass is 186 g/mol. The lowest BCUT2D eigenvalue weighted by Gasteiger charge is -2.21. The number of carbonyl (C=O) groups is 1. The van der Waals surface area contributed by atoms with Crippen molar-refractivity contribution in [1.82, 2.24) is 4.90 Å². The summed E-state index contributed by atoms with van der Waals surface area (Å²) in [5.41, 5.74) is 5.63. The van der Waals surface area contributed by atoms with Crippen LogP contribution in [0.2, 0.25) is 0 Å². The third-order valence-electron chi connectivity index (χ3n) is 2.18.